The van der Waals surface area contributed by atoms with Gasteiger partial charge in [-0.2, -0.15) is 5.10 Å². The van der Waals surface area contributed by atoms with E-state index in [0.29, 0.717) is 17.8 Å². The monoisotopic (exact) mass is 296 g/mol. The van der Waals surface area contributed by atoms with Crippen molar-refractivity contribution in [1.82, 2.24) is 9.78 Å². The van der Waals surface area contributed by atoms with Crippen LogP contribution >= 0.6 is 0 Å². The van der Waals surface area contributed by atoms with E-state index in [4.69, 9.17) is 0 Å². The highest BCUT2D eigenvalue weighted by Crippen LogP contribution is 2.19. The molecule has 0 atom stereocenters. The van der Waals surface area contributed by atoms with Crippen LogP contribution in [0.3, 0.4) is 0 Å². The molecule has 22 heavy (non-hydrogen) atoms. The van der Waals surface area contributed by atoms with Gasteiger partial charge in [-0.25, -0.2) is 9.07 Å². The van der Waals surface area contributed by atoms with Gasteiger partial charge in [0.25, 0.3) is 0 Å². The summed E-state index contributed by atoms with van der Waals surface area (Å²) in [7, 11) is 0. The van der Waals surface area contributed by atoms with Crippen LogP contribution in [0.4, 0.5) is 4.39 Å². The van der Waals surface area contributed by atoms with Crippen molar-refractivity contribution in [2.75, 3.05) is 0 Å². The molecule has 3 rings (SSSR count). The summed E-state index contributed by atoms with van der Waals surface area (Å²) in [6.45, 7) is 1.87. The van der Waals surface area contributed by atoms with Crippen LogP contribution in [0.1, 0.15) is 22.5 Å². The molecule has 0 bridgehead atoms. The number of hydrogen-bond donors (Lipinski definition) is 1. The summed E-state index contributed by atoms with van der Waals surface area (Å²) in [4.78, 5) is 0. The predicted octanol–water partition coefficient (Wildman–Crippen LogP) is 3.40. The molecule has 0 amide bonds. The van der Waals surface area contributed by atoms with Crippen LogP contribution in [0.5, 0.6) is 0 Å². The van der Waals surface area contributed by atoms with Crippen LogP contribution < -0.4 is 0 Å². The Labute approximate surface area is 128 Å². The maximum atomic E-state index is 14.0. The van der Waals surface area contributed by atoms with Gasteiger partial charge in [0.05, 0.1) is 12.3 Å². The lowest BCUT2D eigenvalue weighted by Gasteiger charge is -2.09. The van der Waals surface area contributed by atoms with E-state index in [2.05, 4.69) is 11.2 Å². The molecule has 2 aromatic carbocycles. The van der Waals surface area contributed by atoms with Crippen molar-refractivity contribution >= 4 is 0 Å². The van der Waals surface area contributed by atoms with Crippen LogP contribution in [-0.4, -0.2) is 14.9 Å². The first-order chi connectivity index (χ1) is 10.7. The first kappa shape index (κ1) is 14.5. The summed E-state index contributed by atoms with van der Waals surface area (Å²) in [6.07, 6.45) is 0.628. The van der Waals surface area contributed by atoms with E-state index < -0.39 is 0 Å². The molecule has 1 N–H and O–H groups in total. The molecular weight excluding hydrogens is 279 g/mol. The Morgan fingerprint density at radius 3 is 2.64 bits per heavy atom. The average molecular weight is 296 g/mol. The van der Waals surface area contributed by atoms with Gasteiger partial charge in [0.1, 0.15) is 11.5 Å². The number of aliphatic hydroxyl groups excluding tert-OH is 1. The Morgan fingerprint density at radius 1 is 1.09 bits per heavy atom. The number of para-hydroxylation sites is 1. The highest BCUT2D eigenvalue weighted by atomic mass is 19.1. The van der Waals surface area contributed by atoms with Gasteiger partial charge in [-0.05, 0) is 30.7 Å². The van der Waals surface area contributed by atoms with E-state index in [9.17, 15) is 9.50 Å². The van der Waals surface area contributed by atoms with Gasteiger partial charge in [-0.15, -0.1) is 0 Å². The maximum Gasteiger partial charge on any atom is 0.148 e. The number of aliphatic hydroxyl groups is 1. The third-order valence-corrected chi connectivity index (χ3v) is 3.54. The second-order valence-electron chi connectivity index (χ2n) is 5.31. The molecule has 3 aromatic rings. The quantitative estimate of drug-likeness (QED) is 0.801. The Morgan fingerprint density at radius 2 is 1.91 bits per heavy atom. The second kappa shape index (κ2) is 6.12. The van der Waals surface area contributed by atoms with Crippen LogP contribution in [-0.2, 0) is 13.0 Å². The number of hydrogen-bond acceptors (Lipinski definition) is 2. The Balaban J connectivity index is 2.04. The lowest BCUT2D eigenvalue weighted by atomic mass is 10.1. The highest BCUT2D eigenvalue weighted by Gasteiger charge is 2.13. The number of benzene rings is 2. The topological polar surface area (TPSA) is 38.1 Å². The van der Waals surface area contributed by atoms with E-state index in [-0.39, 0.29) is 12.4 Å². The van der Waals surface area contributed by atoms with Crippen molar-refractivity contribution < 1.29 is 9.50 Å². The van der Waals surface area contributed by atoms with Crippen molar-refractivity contribution in [3.63, 3.8) is 0 Å². The van der Waals surface area contributed by atoms with Crippen molar-refractivity contribution in [3.05, 3.63) is 82.9 Å². The zero-order valence-electron chi connectivity index (χ0n) is 12.3. The fourth-order valence-electron chi connectivity index (χ4n) is 2.54. The fraction of sp³-hybridized carbons (Fsp3) is 0.167. The van der Waals surface area contributed by atoms with Gasteiger partial charge in [0.2, 0.25) is 0 Å². The Bertz CT molecular complexity index is 795. The van der Waals surface area contributed by atoms with Gasteiger partial charge in [0.15, 0.2) is 0 Å². The molecule has 0 radical (unpaired) electrons. The number of rotatable bonds is 4. The normalized spacial score (nSPS) is 10.9. The fourth-order valence-corrected chi connectivity index (χ4v) is 2.54. The first-order valence-corrected chi connectivity index (χ1v) is 7.16. The number of halogens is 1. The molecule has 0 spiro atoms. The predicted molar refractivity (Wildman–Crippen MR) is 83.4 cm³/mol. The largest absolute Gasteiger partial charge is 0.390 e. The third-order valence-electron chi connectivity index (χ3n) is 3.54. The van der Waals surface area contributed by atoms with E-state index >= 15 is 0 Å². The molecule has 0 unspecified atom stereocenters. The maximum absolute atomic E-state index is 14.0. The Hall–Kier alpha value is -2.46. The standard InChI is InChI=1S/C18H17FN2O/c1-13-5-4-6-14(9-13)10-16-11-15(12-22)20-21(16)18-8-3-2-7-17(18)19/h2-9,11,22H,10,12H2,1H3. The van der Waals surface area contributed by atoms with Crippen molar-refractivity contribution in [2.24, 2.45) is 0 Å². The minimum atomic E-state index is -0.333. The molecule has 0 aliphatic heterocycles. The summed E-state index contributed by atoms with van der Waals surface area (Å²) < 4.78 is 15.6. The van der Waals surface area contributed by atoms with Crippen molar-refractivity contribution in [3.8, 4) is 5.69 Å². The smallest absolute Gasteiger partial charge is 0.148 e. The van der Waals surface area contributed by atoms with E-state index in [1.807, 2.05) is 31.2 Å². The number of aromatic nitrogens is 2. The zero-order chi connectivity index (χ0) is 15.5. The average Bonchev–Trinajstić information content (AvgIpc) is 2.90. The van der Waals surface area contributed by atoms with Crippen LogP contribution in [0.2, 0.25) is 0 Å². The van der Waals surface area contributed by atoms with Gasteiger partial charge in [-0.1, -0.05) is 42.0 Å². The van der Waals surface area contributed by atoms with E-state index in [1.165, 1.54) is 11.6 Å². The van der Waals surface area contributed by atoms with Crippen molar-refractivity contribution in [2.45, 2.75) is 20.0 Å². The molecular formula is C18H17FN2O. The first-order valence-electron chi connectivity index (χ1n) is 7.16. The molecule has 0 saturated carbocycles. The molecule has 112 valence electrons. The lowest BCUT2D eigenvalue weighted by molar-refractivity contribution is 0.276. The van der Waals surface area contributed by atoms with E-state index in [0.717, 1.165) is 11.3 Å². The summed E-state index contributed by atoms with van der Waals surface area (Å²) in [5, 5.41) is 13.6. The summed E-state index contributed by atoms with van der Waals surface area (Å²) in [5.41, 5.74) is 4.08. The van der Waals surface area contributed by atoms with Crippen LogP contribution in [0, 0.1) is 12.7 Å². The Kier molecular flexibility index (Phi) is 4.02. The highest BCUT2D eigenvalue weighted by molar-refractivity contribution is 5.37. The third kappa shape index (κ3) is 2.92. The molecule has 0 aliphatic carbocycles. The lowest BCUT2D eigenvalue weighted by Crippen LogP contribution is -2.05. The SMILES string of the molecule is Cc1cccc(Cc2cc(CO)nn2-c2ccccc2F)c1. The molecule has 1 heterocycles. The van der Waals surface area contributed by atoms with Gasteiger partial charge in [-0.3, -0.25) is 0 Å². The van der Waals surface area contributed by atoms with Gasteiger partial charge < -0.3 is 5.11 Å². The molecule has 3 nitrogen and oxygen atoms in total. The van der Waals surface area contributed by atoms with E-state index in [1.54, 1.807) is 22.9 Å². The van der Waals surface area contributed by atoms with Crippen LogP contribution in [0.15, 0.2) is 54.6 Å². The zero-order valence-corrected chi connectivity index (χ0v) is 12.3. The molecule has 0 aliphatic rings. The molecule has 1 aromatic heterocycles. The van der Waals surface area contributed by atoms with Crippen LogP contribution in [0.25, 0.3) is 5.69 Å². The number of aryl methyl sites for hydroxylation is 1. The molecule has 0 saturated heterocycles. The molecule has 0 fully saturated rings. The summed E-state index contributed by atoms with van der Waals surface area (Å²) in [6, 6.07) is 16.5. The van der Waals surface area contributed by atoms with Gasteiger partial charge >= 0.3 is 0 Å². The van der Waals surface area contributed by atoms with Crippen molar-refractivity contribution in [1.29, 1.82) is 0 Å². The second-order valence-corrected chi connectivity index (χ2v) is 5.31. The summed E-state index contributed by atoms with van der Waals surface area (Å²) >= 11 is 0. The minimum Gasteiger partial charge on any atom is -0.390 e. The summed E-state index contributed by atoms with van der Waals surface area (Å²) in [5.74, 6) is -0.333. The van der Waals surface area contributed by atoms with Gasteiger partial charge in [0, 0.05) is 12.1 Å². The number of nitrogens with zero attached hydrogens (tertiary/aromatic N) is 2. The molecule has 4 heteroatoms. The minimum absolute atomic E-state index is 0.164.